The Morgan fingerprint density at radius 2 is 0.856 bits per heavy atom. The number of benzene rings is 6. The molecule has 1 aliphatic carbocycles. The SMILES string of the molecule is [B][B]B([B])B(B([B])[B])C(=C)c1c([B])c([B][B])c(B([B])[B])c(C2=C(C)C(C)C(C)c3c2c(C)c2c(C)c(C)c(C)c(C)c2c3-c2c(C#CC#CC#CC#CC#C)c3c(C)c(C#C)c(C#CC)c(C#CC#C)c3c3c(C#CC#CC)c(C#CC#CC#C)c(C#CC#CC#CC)c(C#CC#CC#CC#C)c23)c1C(C)B([B])B([B])[B]. The fourth-order valence-electron chi connectivity index (χ4n) is 14.6. The molecular weight excluding hydrogens is 1310 g/mol. The van der Waals surface area contributed by atoms with Gasteiger partial charge >= 0.3 is 0 Å². The van der Waals surface area contributed by atoms with Crippen LogP contribution in [0.25, 0.3) is 54.5 Å². The third-order valence-corrected chi connectivity index (χ3v) is 20.0. The number of terminal acetylenes is 5. The van der Waals surface area contributed by atoms with E-state index in [0.717, 1.165) is 55.3 Å². The molecule has 6 aromatic rings. The molecule has 0 nitrogen and oxygen atoms in total. The van der Waals surface area contributed by atoms with E-state index < -0.39 is 56.3 Å². The maximum atomic E-state index is 7.58. The fraction of sp³-hybridized carbons (Fsp3) is 0.174. The van der Waals surface area contributed by atoms with Crippen molar-refractivity contribution in [2.45, 2.75) is 102 Å². The molecule has 0 spiro atoms. The number of hydrogen-bond donors (Lipinski definition) is 0. The Labute approximate surface area is 680 Å². The van der Waals surface area contributed by atoms with Gasteiger partial charge in [-0.05, 0) is 318 Å². The molecule has 0 aromatic heterocycles. The van der Waals surface area contributed by atoms with E-state index in [4.69, 9.17) is 124 Å². The van der Waals surface area contributed by atoms with Gasteiger partial charge < -0.3 is 0 Å². The molecule has 0 bridgehead atoms. The number of fused-ring (bicyclic) bond motifs is 5. The average Bonchev–Trinajstić information content (AvgIpc) is 0.680. The highest BCUT2D eigenvalue weighted by Gasteiger charge is 2.42. The number of rotatable bonds is 12. The summed E-state index contributed by atoms with van der Waals surface area (Å²) in [5.74, 6) is 107. The van der Waals surface area contributed by atoms with Crippen LogP contribution in [0, 0.1) is 299 Å². The highest BCUT2D eigenvalue weighted by Crippen LogP contribution is 2.58. The smallest absolute Gasteiger partial charge is 0.113 e. The second kappa shape index (κ2) is 39.1. The lowest BCUT2D eigenvalue weighted by Gasteiger charge is -2.42. The van der Waals surface area contributed by atoms with Gasteiger partial charge in [-0.3, -0.25) is 0 Å². The van der Waals surface area contributed by atoms with Crippen molar-refractivity contribution in [3.63, 3.8) is 0 Å². The summed E-state index contributed by atoms with van der Waals surface area (Å²) in [7, 11) is 79.1. The molecule has 0 N–H and O–H groups in total. The van der Waals surface area contributed by atoms with Crippen LogP contribution in [-0.2, 0) is 0 Å². The minimum absolute atomic E-state index is 0.114. The average molecular weight is 1360 g/mol. The first-order valence-corrected chi connectivity index (χ1v) is 34.6. The van der Waals surface area contributed by atoms with Crippen LogP contribution in [0.5, 0.6) is 0 Å². The molecule has 0 aliphatic heterocycles. The van der Waals surface area contributed by atoms with Crippen molar-refractivity contribution in [3.8, 4) is 262 Å². The molecule has 6 aromatic carbocycles. The minimum atomic E-state index is -1.32. The van der Waals surface area contributed by atoms with Crippen molar-refractivity contribution >= 4 is 198 Å². The van der Waals surface area contributed by atoms with E-state index in [1.807, 2.05) is 13.8 Å². The lowest BCUT2D eigenvalue weighted by atomic mass is 8.68. The minimum Gasteiger partial charge on any atom is -0.115 e. The van der Waals surface area contributed by atoms with Gasteiger partial charge in [-0.1, -0.05) is 108 Å². The largest absolute Gasteiger partial charge is 0.115 e. The Morgan fingerprint density at radius 1 is 0.423 bits per heavy atom. The van der Waals surface area contributed by atoms with Crippen molar-refractivity contribution < 1.29 is 0 Å². The third kappa shape index (κ3) is 17.1. The zero-order valence-electron chi connectivity index (χ0n) is 64.3. The Morgan fingerprint density at radius 3 is 1.32 bits per heavy atom. The number of allylic oxidation sites excluding steroid dienone is 1. The summed E-state index contributed by atoms with van der Waals surface area (Å²) in [6.07, 6.45) is 26.6. The van der Waals surface area contributed by atoms with Crippen LogP contribution < -0.4 is 16.4 Å². The van der Waals surface area contributed by atoms with E-state index in [2.05, 4.69) is 274 Å². The van der Waals surface area contributed by atoms with Gasteiger partial charge in [0.2, 0.25) is 0 Å². The number of hydrogen-bond acceptors (Lipinski definition) is 0. The van der Waals surface area contributed by atoms with Gasteiger partial charge in [0.15, 0.2) is 0 Å². The predicted octanol–water partition coefficient (Wildman–Crippen LogP) is 4.72. The zero-order valence-corrected chi connectivity index (χ0v) is 64.3. The molecule has 111 heavy (non-hydrogen) atoms. The number of aryl methyl sites for hydroxylation is 4. The van der Waals surface area contributed by atoms with Gasteiger partial charge in [0.25, 0.3) is 0 Å². The first-order chi connectivity index (χ1) is 53.2. The van der Waals surface area contributed by atoms with Crippen molar-refractivity contribution in [1.82, 2.24) is 0 Å². The van der Waals surface area contributed by atoms with Gasteiger partial charge in [0, 0.05) is 142 Å². The van der Waals surface area contributed by atoms with E-state index in [9.17, 15) is 0 Å². The fourth-order valence-corrected chi connectivity index (χ4v) is 14.6. The van der Waals surface area contributed by atoms with Gasteiger partial charge in [-0.2, -0.15) is 0 Å². The van der Waals surface area contributed by atoms with Gasteiger partial charge in [-0.15, -0.1) is 50.1 Å². The lowest BCUT2D eigenvalue weighted by molar-refractivity contribution is 0.553. The van der Waals surface area contributed by atoms with Crippen LogP contribution in [0.2, 0.25) is 0 Å². The van der Waals surface area contributed by atoms with Crippen LogP contribution in [0.1, 0.15) is 166 Å². The Bertz CT molecular complexity index is 6540. The molecule has 474 valence electrons. The Hall–Kier alpha value is -12.4. The van der Waals surface area contributed by atoms with Crippen LogP contribution in [0.15, 0.2) is 12.2 Å². The lowest BCUT2D eigenvalue weighted by Crippen LogP contribution is -2.59. The predicted molar refractivity (Wildman–Crippen MR) is 493 cm³/mol. The topological polar surface area (TPSA) is 0 Å². The molecule has 0 heterocycles. The van der Waals surface area contributed by atoms with Crippen LogP contribution >= 0.6 is 0 Å². The summed E-state index contributed by atoms with van der Waals surface area (Å²) in [6, 6.07) is 0. The highest BCUT2D eigenvalue weighted by molar-refractivity contribution is 7.88. The van der Waals surface area contributed by atoms with Crippen LogP contribution in [0.4, 0.5) is 0 Å². The molecule has 7 rings (SSSR count). The molecule has 0 saturated heterocycles. The van der Waals surface area contributed by atoms with Gasteiger partial charge in [0.05, 0.1) is 60.0 Å². The molecule has 24 radical (unpaired) electrons. The monoisotopic (exact) mass is 1360 g/mol. The first-order valence-electron chi connectivity index (χ1n) is 34.6. The van der Waals surface area contributed by atoms with E-state index in [1.54, 1.807) is 20.8 Å². The summed E-state index contributed by atoms with van der Waals surface area (Å²) in [5, 5.41) is 3.27. The molecule has 3 unspecified atom stereocenters. The van der Waals surface area contributed by atoms with Crippen LogP contribution in [-0.4, -0.2) is 138 Å². The Balaban J connectivity index is 2.25. The molecule has 0 saturated carbocycles. The van der Waals surface area contributed by atoms with Gasteiger partial charge in [-0.25, -0.2) is 0 Å². The maximum Gasteiger partial charge on any atom is 0.113 e. The van der Waals surface area contributed by atoms with Crippen molar-refractivity contribution in [2.75, 3.05) is 0 Å². The summed E-state index contributed by atoms with van der Waals surface area (Å²) in [6.45, 7) is 27.1. The van der Waals surface area contributed by atoms with Crippen LogP contribution in [0.3, 0.4) is 0 Å². The maximum absolute atomic E-state index is 7.58. The quantitative estimate of drug-likeness (QED) is 0.0948. The van der Waals surface area contributed by atoms with Crippen molar-refractivity contribution in [3.05, 3.63) is 118 Å². The summed E-state index contributed by atoms with van der Waals surface area (Å²) < 4.78 is 0. The van der Waals surface area contributed by atoms with Crippen molar-refractivity contribution in [1.29, 1.82) is 0 Å². The van der Waals surface area contributed by atoms with E-state index in [1.165, 1.54) is 14.2 Å². The standard InChI is InChI=1S/C92H49B19/c1-20-28-34-38-40-41-44-49-56-75-77-64(16)68(27-8)69(50-26-7)72(51-33-25-6)84(77)85-73(54-45-32-24-5)70(52-46-37-31-23-4)71(53-47-42-36-30-22-3)74(55-48-43-39-35-29-21-2)86(85)87(75)88-78-61(13)58(10)57(9)60(12)76(78)65(17)81-79(88)62(14)59(11)63(15)80(81)89-82(66(18)107(98)109(99)100)83(67(19)108(110(101)102)111(103)105-95)90(93)91(104-94)92(89)106(96)97/h1-2,4,6,8,59,62,66H,19H2,3,5,7,9-18H3. The first kappa shape index (κ1) is 85.8. The molecule has 1 aliphatic rings. The Kier molecular flexibility index (Phi) is 30.2. The summed E-state index contributed by atoms with van der Waals surface area (Å²) >= 11 is 0. The molecule has 3 atom stereocenters. The molecule has 19 heteroatoms. The molecule has 0 fully saturated rings. The highest BCUT2D eigenvalue weighted by atomic mass is 14.4. The normalized spacial score (nSPS) is 11.2. The third-order valence-electron chi connectivity index (χ3n) is 20.0. The van der Waals surface area contributed by atoms with Crippen molar-refractivity contribution in [2.24, 2.45) is 5.92 Å². The van der Waals surface area contributed by atoms with E-state index in [-0.39, 0.29) is 38.7 Å². The molecular formula is C92H49B19. The van der Waals surface area contributed by atoms with E-state index in [0.29, 0.717) is 88.1 Å². The van der Waals surface area contributed by atoms with Gasteiger partial charge in [0.1, 0.15) is 7.85 Å². The summed E-state index contributed by atoms with van der Waals surface area (Å²) in [5.41, 5.74) is 13.9. The van der Waals surface area contributed by atoms with E-state index >= 15 is 0 Å². The second-order valence-corrected chi connectivity index (χ2v) is 25.7. The summed E-state index contributed by atoms with van der Waals surface area (Å²) in [4.78, 5) is 0. The second-order valence-electron chi connectivity index (χ2n) is 25.7. The zero-order chi connectivity index (χ0) is 81.8. The molecule has 0 amide bonds.